The van der Waals surface area contributed by atoms with Crippen LogP contribution in [0.5, 0.6) is 5.75 Å². The van der Waals surface area contributed by atoms with Crippen molar-refractivity contribution in [2.75, 3.05) is 14.2 Å². The van der Waals surface area contributed by atoms with Gasteiger partial charge in [0.25, 0.3) is 0 Å². The van der Waals surface area contributed by atoms with Crippen molar-refractivity contribution in [2.45, 2.75) is 5.66 Å². The van der Waals surface area contributed by atoms with E-state index in [4.69, 9.17) is 10.5 Å². The summed E-state index contributed by atoms with van der Waals surface area (Å²) in [6, 6.07) is 17.8. The quantitative estimate of drug-likeness (QED) is 0.807. The second-order valence-corrected chi connectivity index (χ2v) is 4.15. The van der Waals surface area contributed by atoms with Crippen LogP contribution in [0.2, 0.25) is 0 Å². The molecule has 3 N–H and O–H groups in total. The van der Waals surface area contributed by atoms with Gasteiger partial charge < -0.3 is 10.5 Å². The molecule has 18 heavy (non-hydrogen) atoms. The molecule has 0 saturated carbocycles. The van der Waals surface area contributed by atoms with Gasteiger partial charge in [-0.3, -0.25) is 5.32 Å². The van der Waals surface area contributed by atoms with E-state index in [1.807, 2.05) is 61.6 Å². The van der Waals surface area contributed by atoms with Crippen LogP contribution >= 0.6 is 0 Å². The molecule has 2 aromatic rings. The summed E-state index contributed by atoms with van der Waals surface area (Å²) in [6.45, 7) is 0. The molecule has 0 amide bonds. The first-order valence-corrected chi connectivity index (χ1v) is 5.88. The second-order valence-electron chi connectivity index (χ2n) is 4.15. The Balaban J connectivity index is 2.43. The maximum absolute atomic E-state index is 6.48. The van der Waals surface area contributed by atoms with E-state index < -0.39 is 5.66 Å². The molecule has 3 heteroatoms. The maximum Gasteiger partial charge on any atom is 0.119 e. The molecule has 94 valence electrons. The lowest BCUT2D eigenvalue weighted by atomic mass is 9.92. The van der Waals surface area contributed by atoms with Gasteiger partial charge >= 0.3 is 0 Å². The highest BCUT2D eigenvalue weighted by Crippen LogP contribution is 2.25. The molecule has 0 saturated heterocycles. The lowest BCUT2D eigenvalue weighted by molar-refractivity contribution is 0.412. The predicted molar refractivity (Wildman–Crippen MR) is 73.5 cm³/mol. The molecule has 0 spiro atoms. The highest BCUT2D eigenvalue weighted by Gasteiger charge is 2.27. The first kappa shape index (κ1) is 12.6. The van der Waals surface area contributed by atoms with Crippen molar-refractivity contribution < 1.29 is 4.74 Å². The van der Waals surface area contributed by atoms with Crippen LogP contribution in [0.25, 0.3) is 0 Å². The van der Waals surface area contributed by atoms with E-state index in [0.717, 1.165) is 16.9 Å². The minimum absolute atomic E-state index is 0.687. The molecule has 0 radical (unpaired) electrons. The van der Waals surface area contributed by atoms with Crippen LogP contribution in [0.3, 0.4) is 0 Å². The predicted octanol–water partition coefficient (Wildman–Crippen LogP) is 2.07. The minimum atomic E-state index is -0.687. The number of nitrogens with one attached hydrogen (secondary N) is 1. The second kappa shape index (κ2) is 5.21. The number of ether oxygens (including phenoxy) is 1. The van der Waals surface area contributed by atoms with Crippen LogP contribution in [0.15, 0.2) is 54.6 Å². The molecule has 0 aliphatic carbocycles. The fraction of sp³-hybridized carbons (Fsp3) is 0.200. The maximum atomic E-state index is 6.48. The lowest BCUT2D eigenvalue weighted by Crippen LogP contribution is -2.49. The lowest BCUT2D eigenvalue weighted by Gasteiger charge is -2.30. The molecular formula is C15H18N2O. The van der Waals surface area contributed by atoms with Gasteiger partial charge in [-0.15, -0.1) is 0 Å². The summed E-state index contributed by atoms with van der Waals surface area (Å²) in [7, 11) is 3.51. The third kappa shape index (κ3) is 2.23. The van der Waals surface area contributed by atoms with E-state index in [-0.39, 0.29) is 0 Å². The van der Waals surface area contributed by atoms with E-state index in [1.165, 1.54) is 0 Å². The van der Waals surface area contributed by atoms with Gasteiger partial charge in [0, 0.05) is 0 Å². The van der Waals surface area contributed by atoms with Crippen LogP contribution < -0.4 is 15.8 Å². The Bertz CT molecular complexity index is 496. The smallest absolute Gasteiger partial charge is 0.119 e. The van der Waals surface area contributed by atoms with Crippen molar-refractivity contribution in [2.24, 2.45) is 5.73 Å². The molecule has 1 unspecified atom stereocenters. The van der Waals surface area contributed by atoms with Crippen molar-refractivity contribution in [1.29, 1.82) is 0 Å². The van der Waals surface area contributed by atoms with Crippen molar-refractivity contribution in [3.8, 4) is 5.75 Å². The van der Waals surface area contributed by atoms with Crippen LogP contribution in [-0.2, 0) is 5.66 Å². The number of hydrogen-bond donors (Lipinski definition) is 2. The van der Waals surface area contributed by atoms with Gasteiger partial charge in [0.2, 0.25) is 0 Å². The Labute approximate surface area is 108 Å². The summed E-state index contributed by atoms with van der Waals surface area (Å²) in [6.07, 6.45) is 0. The zero-order valence-corrected chi connectivity index (χ0v) is 10.7. The third-order valence-corrected chi connectivity index (χ3v) is 3.17. The average Bonchev–Trinajstić information content (AvgIpc) is 2.47. The molecular weight excluding hydrogens is 224 g/mol. The molecule has 0 aliphatic rings. The van der Waals surface area contributed by atoms with Crippen LogP contribution in [0.1, 0.15) is 11.1 Å². The third-order valence-electron chi connectivity index (χ3n) is 3.17. The first-order valence-electron chi connectivity index (χ1n) is 5.88. The van der Waals surface area contributed by atoms with Gasteiger partial charge in [0.1, 0.15) is 11.4 Å². The standard InChI is InChI=1S/C15H18N2O/c1-17-15(16,12-6-4-3-5-7-12)13-8-10-14(18-2)11-9-13/h3-11,17H,16H2,1-2H3. The van der Waals surface area contributed by atoms with E-state index in [2.05, 4.69) is 5.32 Å². The summed E-state index contributed by atoms with van der Waals surface area (Å²) in [5, 5.41) is 3.19. The van der Waals surface area contributed by atoms with Gasteiger partial charge in [-0.1, -0.05) is 42.5 Å². The summed E-state index contributed by atoms with van der Waals surface area (Å²) < 4.78 is 5.16. The van der Waals surface area contributed by atoms with Gasteiger partial charge in [0.05, 0.1) is 7.11 Å². The number of rotatable bonds is 4. The topological polar surface area (TPSA) is 47.3 Å². The van der Waals surface area contributed by atoms with E-state index in [1.54, 1.807) is 7.11 Å². The van der Waals surface area contributed by atoms with Crippen molar-refractivity contribution >= 4 is 0 Å². The van der Waals surface area contributed by atoms with Crippen LogP contribution in [0.4, 0.5) is 0 Å². The SMILES string of the molecule is CNC(N)(c1ccccc1)c1ccc(OC)cc1. The van der Waals surface area contributed by atoms with Gasteiger partial charge in [-0.05, 0) is 30.3 Å². The number of nitrogens with two attached hydrogens (primary N) is 1. The molecule has 0 aliphatic heterocycles. The Kier molecular flexibility index (Phi) is 3.65. The molecule has 2 rings (SSSR count). The van der Waals surface area contributed by atoms with Crippen molar-refractivity contribution in [3.63, 3.8) is 0 Å². The average molecular weight is 242 g/mol. The fourth-order valence-electron chi connectivity index (χ4n) is 2.01. The Morgan fingerprint density at radius 2 is 1.50 bits per heavy atom. The number of benzene rings is 2. The molecule has 0 aromatic heterocycles. The molecule has 3 nitrogen and oxygen atoms in total. The largest absolute Gasteiger partial charge is 0.497 e. The van der Waals surface area contributed by atoms with E-state index in [9.17, 15) is 0 Å². The number of methoxy groups -OCH3 is 1. The fourth-order valence-corrected chi connectivity index (χ4v) is 2.01. The van der Waals surface area contributed by atoms with E-state index >= 15 is 0 Å². The van der Waals surface area contributed by atoms with Gasteiger partial charge in [-0.25, -0.2) is 0 Å². The highest BCUT2D eigenvalue weighted by molar-refractivity contribution is 5.39. The van der Waals surface area contributed by atoms with E-state index in [0.29, 0.717) is 0 Å². The monoisotopic (exact) mass is 242 g/mol. The Morgan fingerprint density at radius 3 is 2.00 bits per heavy atom. The number of hydrogen-bond acceptors (Lipinski definition) is 3. The van der Waals surface area contributed by atoms with Crippen LogP contribution in [0, 0.1) is 0 Å². The molecule has 0 bridgehead atoms. The normalized spacial score (nSPS) is 13.9. The molecule has 0 fully saturated rings. The zero-order chi connectivity index (χ0) is 13.0. The summed E-state index contributed by atoms with van der Waals surface area (Å²) in [5.41, 5.74) is 7.82. The van der Waals surface area contributed by atoms with Crippen molar-refractivity contribution in [3.05, 3.63) is 65.7 Å². The summed E-state index contributed by atoms with van der Waals surface area (Å²) >= 11 is 0. The Hall–Kier alpha value is -1.84. The van der Waals surface area contributed by atoms with Gasteiger partial charge in [0.15, 0.2) is 0 Å². The molecule has 0 heterocycles. The highest BCUT2D eigenvalue weighted by atomic mass is 16.5. The molecule has 1 atom stereocenters. The Morgan fingerprint density at radius 1 is 0.944 bits per heavy atom. The summed E-state index contributed by atoms with van der Waals surface area (Å²) in [5.74, 6) is 0.824. The zero-order valence-electron chi connectivity index (χ0n) is 10.7. The van der Waals surface area contributed by atoms with Crippen molar-refractivity contribution in [1.82, 2.24) is 5.32 Å². The first-order chi connectivity index (χ1) is 8.70. The van der Waals surface area contributed by atoms with Gasteiger partial charge in [-0.2, -0.15) is 0 Å². The molecule has 2 aromatic carbocycles. The summed E-state index contributed by atoms with van der Waals surface area (Å²) in [4.78, 5) is 0. The minimum Gasteiger partial charge on any atom is -0.497 e. The van der Waals surface area contributed by atoms with Crippen LogP contribution in [-0.4, -0.2) is 14.2 Å².